The van der Waals surface area contributed by atoms with Crippen LogP contribution in [-0.4, -0.2) is 375 Å². The molecule has 2 aromatic rings. The number of nitrogens with one attached hydrogen (secondary N) is 6. The van der Waals surface area contributed by atoms with Crippen molar-refractivity contribution >= 4 is 108 Å². The minimum absolute atomic E-state index is 0.000912. The van der Waals surface area contributed by atoms with Gasteiger partial charge in [0.05, 0.1) is 141 Å². The van der Waals surface area contributed by atoms with Crippen molar-refractivity contribution in [3.63, 3.8) is 0 Å². The van der Waals surface area contributed by atoms with Crippen LogP contribution in [0.5, 0.6) is 0 Å². The van der Waals surface area contributed by atoms with Crippen molar-refractivity contribution < 1.29 is 144 Å². The molecule has 40 nitrogen and oxygen atoms in total. The zero-order valence-corrected chi connectivity index (χ0v) is 77.7. The van der Waals surface area contributed by atoms with Gasteiger partial charge in [0, 0.05) is 109 Å². The molecule has 0 bridgehead atoms. The molecule has 13 N–H and O–H groups in total. The Bertz CT molecular complexity index is 4160. The van der Waals surface area contributed by atoms with Gasteiger partial charge in [-0.2, -0.15) is 0 Å². The van der Waals surface area contributed by atoms with Crippen molar-refractivity contribution in [3.8, 4) is 0 Å². The normalized spacial score (nSPS) is 16.7. The predicted octanol–water partition coefficient (Wildman–Crippen LogP) is 2.41. The van der Waals surface area contributed by atoms with E-state index in [-0.39, 0.29) is 279 Å². The highest BCUT2D eigenvalue weighted by atomic mass is 32.2. The number of fused-ring (bicyclic) bond motifs is 2. The number of alkyl carbamates (subject to hydrolysis) is 2. The van der Waals surface area contributed by atoms with Crippen LogP contribution in [0, 0.1) is 41.4 Å². The van der Waals surface area contributed by atoms with E-state index < -0.39 is 138 Å². The third-order valence-corrected chi connectivity index (χ3v) is 25.4. The average molecular weight is 1890 g/mol. The van der Waals surface area contributed by atoms with Gasteiger partial charge in [0.1, 0.15) is 13.2 Å². The van der Waals surface area contributed by atoms with Gasteiger partial charge in [-0.3, -0.25) is 80.8 Å². The van der Waals surface area contributed by atoms with E-state index in [0.29, 0.717) is 31.2 Å². The molecule has 4 rings (SSSR count). The van der Waals surface area contributed by atoms with Crippen LogP contribution in [0.1, 0.15) is 118 Å². The molecule has 1 heterocycles. The Morgan fingerprint density at radius 3 is 0.977 bits per heavy atom. The molecule has 0 radical (unpaired) electrons. The summed E-state index contributed by atoms with van der Waals surface area (Å²) in [4.78, 5) is 174. The second-order valence-electron chi connectivity index (χ2n) is 32.9. The molecule has 2 aromatic carbocycles. The van der Waals surface area contributed by atoms with E-state index in [1.54, 1.807) is 40.4 Å². The number of rotatable bonds is 66. The van der Waals surface area contributed by atoms with Gasteiger partial charge in [-0.25, -0.2) is 9.59 Å². The van der Waals surface area contributed by atoms with Crippen molar-refractivity contribution in [2.45, 2.75) is 110 Å². The van der Waals surface area contributed by atoms with Gasteiger partial charge >= 0.3 is 54.0 Å². The summed E-state index contributed by atoms with van der Waals surface area (Å²) in [6.45, 7) is 14.3. The lowest BCUT2D eigenvalue weighted by Gasteiger charge is -2.32. The first kappa shape index (κ1) is 114. The highest BCUT2D eigenvalue weighted by Gasteiger charge is 2.37. The lowest BCUT2D eigenvalue weighted by atomic mass is 9.76. The monoisotopic (exact) mass is 1890 g/mol. The zero-order chi connectivity index (χ0) is 96.9. The number of carbonyl (C=O) groups excluding carboxylic acids is 6. The van der Waals surface area contributed by atoms with Crippen LogP contribution < -0.4 is 31.9 Å². The van der Waals surface area contributed by atoms with E-state index in [1.165, 1.54) is 17.7 Å². The number of hydrogen-bond acceptors (Lipinski definition) is 27. The zero-order valence-electron chi connectivity index (χ0n) is 76.1. The molecule has 0 aromatic heterocycles. The van der Waals surface area contributed by atoms with Gasteiger partial charge in [0.15, 0.2) is 0 Å². The number of carboxylic acids is 7. The Kier molecular flexibility index (Phi) is 54.3. The number of benzene rings is 2. The van der Waals surface area contributed by atoms with Gasteiger partial charge in [0.2, 0.25) is 23.6 Å². The summed E-state index contributed by atoms with van der Waals surface area (Å²) in [6, 6.07) is 11.8. The molecule has 738 valence electrons. The SMILES string of the molecule is C=CS(=C)(=O)CCOC(=O)NCCOCCOCCNC(=O)C(CC(C)C(=O)NCCOCCOCCNC(=O)CN1CCN(CC(=O)O)CCN(CC(=O)O)CCN(CC(=O)O)CC1)CC(CC(CC(CC(C)C(=O)O)c1ccc2c(c1)CCc1ccc(C(CC(C)C(=O)O)CC(C)C(=O)O)cc1CC2)C(=O)O)C(=O)NCCOCCOCCNC(=O)OCCS(=C)(=O)C=C. The number of aryl methyl sites for hydroxylation is 4. The smallest absolute Gasteiger partial charge is 0.407 e. The quantitative estimate of drug-likeness (QED) is 0.0334. The van der Waals surface area contributed by atoms with Gasteiger partial charge < -0.3 is 106 Å². The second-order valence-corrected chi connectivity index (χ2v) is 37.9. The van der Waals surface area contributed by atoms with Crippen LogP contribution in [0.25, 0.3) is 0 Å². The summed E-state index contributed by atoms with van der Waals surface area (Å²) in [5, 5.41) is 88.9. The van der Waals surface area contributed by atoms with E-state index in [2.05, 4.69) is 62.9 Å². The number of amides is 6. The highest BCUT2D eigenvalue weighted by molar-refractivity contribution is 8.03. The molecule has 10 atom stereocenters. The lowest BCUT2D eigenvalue weighted by molar-refractivity contribution is -0.144. The van der Waals surface area contributed by atoms with Crippen LogP contribution in [0.3, 0.4) is 0 Å². The first-order chi connectivity index (χ1) is 62.3. The number of ether oxygens (including phenoxy) is 8. The fourth-order valence-electron chi connectivity index (χ4n) is 14.8. The third-order valence-electron chi connectivity index (χ3n) is 22.5. The molecule has 1 saturated heterocycles. The molecule has 1 fully saturated rings. The van der Waals surface area contributed by atoms with Crippen LogP contribution in [-0.2, 0) is 135 Å². The van der Waals surface area contributed by atoms with Gasteiger partial charge in [0.25, 0.3) is 0 Å². The maximum Gasteiger partial charge on any atom is 0.407 e. The first-order valence-corrected chi connectivity index (χ1v) is 48.2. The van der Waals surface area contributed by atoms with Gasteiger partial charge in [-0.05, 0) is 157 Å². The topological polar surface area (TPSA) is 557 Å². The molecule has 10 unspecified atom stereocenters. The Morgan fingerprint density at radius 1 is 0.351 bits per heavy atom. The summed E-state index contributed by atoms with van der Waals surface area (Å²) in [6.07, 6.45) is 0.299. The molecule has 131 heavy (non-hydrogen) atoms. The van der Waals surface area contributed by atoms with E-state index in [9.17, 15) is 106 Å². The van der Waals surface area contributed by atoms with Crippen molar-refractivity contribution in [1.29, 1.82) is 0 Å². The highest BCUT2D eigenvalue weighted by Crippen LogP contribution is 2.38. The van der Waals surface area contributed by atoms with Crippen molar-refractivity contribution in [1.82, 2.24) is 51.5 Å². The Balaban J connectivity index is 1.54. The Labute approximate surface area is 767 Å². The molecule has 2 aliphatic rings. The molecule has 6 amide bonds. The molecule has 0 spiro atoms. The molecule has 0 saturated carbocycles. The summed E-state index contributed by atoms with van der Waals surface area (Å²) in [5.74, 6) is -10.8. The maximum atomic E-state index is 14.9. The summed E-state index contributed by atoms with van der Waals surface area (Å²) in [7, 11) is -5.17. The molecular formula is C89H140N10O30S2. The van der Waals surface area contributed by atoms with E-state index in [1.807, 2.05) is 30.3 Å². The third kappa shape index (κ3) is 49.0. The van der Waals surface area contributed by atoms with E-state index in [0.717, 1.165) is 27.8 Å². The minimum atomic E-state index is -2.59. The molecular weight excluding hydrogens is 1750 g/mol. The molecule has 1 aliphatic carbocycles. The molecule has 1 aliphatic heterocycles. The van der Waals surface area contributed by atoms with Crippen molar-refractivity contribution in [3.05, 3.63) is 93.8 Å². The van der Waals surface area contributed by atoms with Gasteiger partial charge in [-0.1, -0.05) is 77.3 Å². The van der Waals surface area contributed by atoms with Crippen LogP contribution in [0.15, 0.2) is 60.4 Å². The second kappa shape index (κ2) is 62.6. The van der Waals surface area contributed by atoms with Crippen LogP contribution >= 0.6 is 0 Å². The summed E-state index contributed by atoms with van der Waals surface area (Å²) in [5.41, 5.74) is 5.58. The Hall–Kier alpha value is -9.73. The number of hydrogen-bond donors (Lipinski definition) is 13. The van der Waals surface area contributed by atoms with Crippen LogP contribution in [0.4, 0.5) is 9.59 Å². The van der Waals surface area contributed by atoms with Crippen molar-refractivity contribution in [2.24, 2.45) is 41.4 Å². The average Bonchev–Trinajstić information content (AvgIpc) is 0.803. The number of carboxylic acid groups (broad SMARTS) is 7. The minimum Gasteiger partial charge on any atom is -0.481 e. The predicted molar refractivity (Wildman–Crippen MR) is 488 cm³/mol. The van der Waals surface area contributed by atoms with E-state index >= 15 is 0 Å². The standard InChI is InChI=1S/C89H140N10O30S2/c1-9-130(7,120)47-45-128-88(118)94-23-37-126-43-41-124-35-21-92-82(108)74(49-62(3)81(107)91-20-34-123-40-39-122-33-19-90-77(100)58-96-25-27-97(59-78(101)102)29-31-99(61-80(105)106)32-30-98(28-26-96)60-79(103)104)56-75(83(109)93-22-36-125-42-44-127-38-24-95-89(119)129-46-48-131(8,121)10-2)57-76(87(116)117)55-73(52-65(6)86(114)115)71-18-14-67-11-15-68-53-70(17-13-66(68)12-16-69(67)54-71)72(50-63(4)84(110)111)51-64(5)85(112)113/h9-10,13-14,17-18,53-54,62-65,72-76H,1-2,7-8,11-12,15-16,19-52,55-61H2,3-6H3,(H,90,100)(H,91,107)(H,92,108)(H,93,109)(H,94,118)(H,95,119)(H,101,102)(H,103,104)(H,105,106)(H,110,111)(H,112,113)(H,114,115)(H,116,117). The number of nitrogens with zero attached hydrogens (tertiary/aromatic N) is 4. The van der Waals surface area contributed by atoms with Gasteiger partial charge in [-0.15, -0.1) is 0 Å². The summed E-state index contributed by atoms with van der Waals surface area (Å²) >= 11 is 0. The largest absolute Gasteiger partial charge is 0.481 e. The number of aliphatic carboxylic acids is 7. The Morgan fingerprint density at radius 2 is 0.649 bits per heavy atom. The summed E-state index contributed by atoms with van der Waals surface area (Å²) < 4.78 is 68.3. The lowest BCUT2D eigenvalue weighted by Crippen LogP contribution is -2.50. The number of carbonyl (C=O) groups is 13. The fourth-order valence-corrected chi connectivity index (χ4v) is 15.9. The van der Waals surface area contributed by atoms with E-state index in [4.69, 9.17) is 37.9 Å². The maximum absolute atomic E-state index is 14.9. The van der Waals surface area contributed by atoms with Crippen LogP contribution in [0.2, 0.25) is 0 Å². The first-order valence-electron chi connectivity index (χ1n) is 44.3. The molecule has 42 heteroatoms. The van der Waals surface area contributed by atoms with Crippen molar-refractivity contribution in [2.75, 3.05) is 222 Å². The fraction of sp³-hybridized carbons (Fsp3) is 0.652.